The van der Waals surface area contributed by atoms with Crippen LogP contribution in [0.25, 0.3) is 0 Å². The Bertz CT molecular complexity index is 862. The highest BCUT2D eigenvalue weighted by molar-refractivity contribution is 5.97. The predicted octanol–water partition coefficient (Wildman–Crippen LogP) is 2.64. The Morgan fingerprint density at radius 2 is 1.92 bits per heavy atom. The number of nitrogens with one attached hydrogen (secondary N) is 2. The zero-order valence-corrected chi connectivity index (χ0v) is 14.9. The lowest BCUT2D eigenvalue weighted by molar-refractivity contribution is -0.118. The summed E-state index contributed by atoms with van der Waals surface area (Å²) in [6, 6.07) is 13.8. The van der Waals surface area contributed by atoms with E-state index in [0.29, 0.717) is 13.0 Å². The smallest absolute Gasteiger partial charge is 0.241 e. The van der Waals surface area contributed by atoms with Crippen molar-refractivity contribution in [1.29, 1.82) is 0 Å². The number of aryl methyl sites for hydroxylation is 1. The highest BCUT2D eigenvalue weighted by Crippen LogP contribution is 2.30. The number of hydrogen-bond donors (Lipinski definition) is 2. The van der Waals surface area contributed by atoms with Crippen LogP contribution in [-0.4, -0.2) is 24.4 Å². The standard InChI is InChI=1S/C21H23N3O2/c1-14(25)24-10-4-7-16-11-18(8-9-20(16)24)23-21(26)19-12-15-5-2-3-6-17(15)13-22-19/h2-3,5-6,8-9,11,19,22H,4,7,10,12-13H2,1H3,(H,23,26). The Kier molecular flexibility index (Phi) is 4.47. The van der Waals surface area contributed by atoms with Gasteiger partial charge in [0.15, 0.2) is 0 Å². The number of carbonyl (C=O) groups is 2. The monoisotopic (exact) mass is 349 g/mol. The summed E-state index contributed by atoms with van der Waals surface area (Å²) >= 11 is 0. The fourth-order valence-corrected chi connectivity index (χ4v) is 3.87. The summed E-state index contributed by atoms with van der Waals surface area (Å²) in [5, 5.41) is 6.35. The fourth-order valence-electron chi connectivity index (χ4n) is 3.87. The topological polar surface area (TPSA) is 61.4 Å². The number of carbonyl (C=O) groups excluding carboxylic acids is 2. The normalized spacial score (nSPS) is 18.7. The summed E-state index contributed by atoms with van der Waals surface area (Å²) in [5.74, 6) is 0.0477. The number of nitrogens with zero attached hydrogens (tertiary/aromatic N) is 1. The summed E-state index contributed by atoms with van der Waals surface area (Å²) in [5.41, 5.74) is 5.36. The van der Waals surface area contributed by atoms with Crippen LogP contribution < -0.4 is 15.5 Å². The van der Waals surface area contributed by atoms with E-state index in [9.17, 15) is 9.59 Å². The molecule has 0 radical (unpaired) electrons. The third-order valence-electron chi connectivity index (χ3n) is 5.24. The van der Waals surface area contributed by atoms with E-state index in [4.69, 9.17) is 0 Å². The van der Waals surface area contributed by atoms with Gasteiger partial charge < -0.3 is 15.5 Å². The van der Waals surface area contributed by atoms with Gasteiger partial charge in [-0.05, 0) is 54.2 Å². The highest BCUT2D eigenvalue weighted by Gasteiger charge is 2.25. The number of amides is 2. The Morgan fingerprint density at radius 3 is 2.73 bits per heavy atom. The van der Waals surface area contributed by atoms with Gasteiger partial charge in [0.05, 0.1) is 6.04 Å². The van der Waals surface area contributed by atoms with E-state index in [2.05, 4.69) is 22.8 Å². The van der Waals surface area contributed by atoms with Crippen LogP contribution in [0.1, 0.15) is 30.0 Å². The number of hydrogen-bond acceptors (Lipinski definition) is 3. The molecule has 0 aromatic heterocycles. The molecule has 0 bridgehead atoms. The molecule has 2 heterocycles. The van der Waals surface area contributed by atoms with Crippen molar-refractivity contribution in [1.82, 2.24) is 5.32 Å². The molecule has 4 rings (SSSR count). The molecule has 0 aliphatic carbocycles. The van der Waals surface area contributed by atoms with Gasteiger partial charge in [0.2, 0.25) is 11.8 Å². The van der Waals surface area contributed by atoms with Crippen molar-refractivity contribution in [3.8, 4) is 0 Å². The van der Waals surface area contributed by atoms with Gasteiger partial charge in [-0.25, -0.2) is 0 Å². The average Bonchev–Trinajstić information content (AvgIpc) is 2.66. The van der Waals surface area contributed by atoms with Crippen LogP contribution in [0.15, 0.2) is 42.5 Å². The van der Waals surface area contributed by atoms with E-state index < -0.39 is 0 Å². The van der Waals surface area contributed by atoms with Crippen LogP contribution >= 0.6 is 0 Å². The molecule has 134 valence electrons. The summed E-state index contributed by atoms with van der Waals surface area (Å²) in [7, 11) is 0. The molecule has 2 amide bonds. The van der Waals surface area contributed by atoms with Gasteiger partial charge in [-0.1, -0.05) is 24.3 Å². The molecule has 1 atom stereocenters. The minimum atomic E-state index is -0.227. The molecule has 5 nitrogen and oxygen atoms in total. The van der Waals surface area contributed by atoms with E-state index in [1.54, 1.807) is 6.92 Å². The molecule has 2 aliphatic heterocycles. The third kappa shape index (κ3) is 3.22. The molecule has 2 aromatic carbocycles. The second-order valence-electron chi connectivity index (χ2n) is 7.01. The van der Waals surface area contributed by atoms with Crippen LogP contribution in [0.2, 0.25) is 0 Å². The van der Waals surface area contributed by atoms with Gasteiger partial charge in [0.25, 0.3) is 0 Å². The minimum absolute atomic E-state index is 0.0151. The molecule has 2 N–H and O–H groups in total. The van der Waals surface area contributed by atoms with Gasteiger partial charge in [0.1, 0.15) is 0 Å². The first-order chi connectivity index (χ1) is 12.6. The lowest BCUT2D eigenvalue weighted by Crippen LogP contribution is -2.44. The predicted molar refractivity (Wildman–Crippen MR) is 102 cm³/mol. The van der Waals surface area contributed by atoms with Crippen LogP contribution in [0, 0.1) is 0 Å². The number of fused-ring (bicyclic) bond motifs is 2. The Labute approximate surface area is 153 Å². The van der Waals surface area contributed by atoms with E-state index >= 15 is 0 Å². The molecule has 1 unspecified atom stereocenters. The first kappa shape index (κ1) is 16.8. The van der Waals surface area contributed by atoms with Gasteiger partial charge in [-0.3, -0.25) is 9.59 Å². The molecular weight excluding hydrogens is 326 g/mol. The van der Waals surface area contributed by atoms with Crippen molar-refractivity contribution in [3.05, 3.63) is 59.2 Å². The van der Waals surface area contributed by atoms with Gasteiger partial charge >= 0.3 is 0 Å². The SMILES string of the molecule is CC(=O)N1CCCc2cc(NC(=O)C3Cc4ccccc4CN3)ccc21. The van der Waals surface area contributed by atoms with Gasteiger partial charge in [0, 0.05) is 31.4 Å². The highest BCUT2D eigenvalue weighted by atomic mass is 16.2. The second-order valence-corrected chi connectivity index (χ2v) is 7.01. The van der Waals surface area contributed by atoms with Crippen LogP contribution in [0.4, 0.5) is 11.4 Å². The molecule has 2 aliphatic rings. The lowest BCUT2D eigenvalue weighted by Gasteiger charge is -2.29. The molecular formula is C21H23N3O2. The third-order valence-corrected chi connectivity index (χ3v) is 5.24. The van der Waals surface area contributed by atoms with Crippen molar-refractivity contribution in [2.45, 2.75) is 38.8 Å². The Morgan fingerprint density at radius 1 is 1.12 bits per heavy atom. The molecule has 2 aromatic rings. The average molecular weight is 349 g/mol. The molecule has 0 spiro atoms. The molecule has 0 fully saturated rings. The van der Waals surface area contributed by atoms with Gasteiger partial charge in [-0.2, -0.15) is 0 Å². The van der Waals surface area contributed by atoms with E-state index in [1.807, 2.05) is 35.2 Å². The quantitative estimate of drug-likeness (QED) is 0.876. The molecule has 26 heavy (non-hydrogen) atoms. The Balaban J connectivity index is 1.48. The lowest BCUT2D eigenvalue weighted by atomic mass is 9.95. The van der Waals surface area contributed by atoms with Crippen LogP contribution in [-0.2, 0) is 29.0 Å². The summed E-state index contributed by atoms with van der Waals surface area (Å²) in [4.78, 5) is 26.3. The van der Waals surface area contributed by atoms with E-state index in [1.165, 1.54) is 11.1 Å². The van der Waals surface area contributed by atoms with Crippen molar-refractivity contribution in [2.75, 3.05) is 16.8 Å². The minimum Gasteiger partial charge on any atom is -0.325 e. The maximum Gasteiger partial charge on any atom is 0.241 e. The maximum atomic E-state index is 12.7. The largest absolute Gasteiger partial charge is 0.325 e. The summed E-state index contributed by atoms with van der Waals surface area (Å²) in [6.07, 6.45) is 2.58. The molecule has 5 heteroatoms. The maximum absolute atomic E-state index is 12.7. The number of rotatable bonds is 2. The van der Waals surface area contributed by atoms with Crippen molar-refractivity contribution >= 4 is 23.2 Å². The van der Waals surface area contributed by atoms with E-state index in [0.717, 1.165) is 36.3 Å². The zero-order valence-electron chi connectivity index (χ0n) is 14.9. The van der Waals surface area contributed by atoms with Crippen LogP contribution in [0.3, 0.4) is 0 Å². The number of benzene rings is 2. The molecule has 0 saturated heterocycles. The van der Waals surface area contributed by atoms with Crippen molar-refractivity contribution in [2.24, 2.45) is 0 Å². The van der Waals surface area contributed by atoms with Crippen molar-refractivity contribution in [3.63, 3.8) is 0 Å². The summed E-state index contributed by atoms with van der Waals surface area (Å²) in [6.45, 7) is 3.07. The Hall–Kier alpha value is -2.66. The first-order valence-electron chi connectivity index (χ1n) is 9.14. The summed E-state index contributed by atoms with van der Waals surface area (Å²) < 4.78 is 0. The first-order valence-corrected chi connectivity index (χ1v) is 9.14. The van der Waals surface area contributed by atoms with Gasteiger partial charge in [-0.15, -0.1) is 0 Å². The van der Waals surface area contributed by atoms with Crippen LogP contribution in [0.5, 0.6) is 0 Å². The molecule has 0 saturated carbocycles. The van der Waals surface area contributed by atoms with E-state index in [-0.39, 0.29) is 17.9 Å². The van der Waals surface area contributed by atoms with Crippen molar-refractivity contribution < 1.29 is 9.59 Å². The zero-order chi connectivity index (χ0) is 18.1. The fraction of sp³-hybridized carbons (Fsp3) is 0.333. The second kappa shape index (κ2) is 6.92. The number of anilines is 2.